The summed E-state index contributed by atoms with van der Waals surface area (Å²) >= 11 is 0. The number of urea groups is 1. The normalized spacial score (nSPS) is 15.7. The number of nitrogens with zero attached hydrogens (tertiary/aromatic N) is 1. The van der Waals surface area contributed by atoms with Gasteiger partial charge in [-0.15, -0.1) is 0 Å². The summed E-state index contributed by atoms with van der Waals surface area (Å²) in [6, 6.07) is 7.78. The largest absolute Gasteiger partial charge is 0.473 e. The Labute approximate surface area is 114 Å². The monoisotopic (exact) mass is 262 g/mol. The summed E-state index contributed by atoms with van der Waals surface area (Å²) in [6.07, 6.45) is 4.66. The maximum Gasteiger partial charge on any atom is 0.320 e. The number of amides is 2. The Bertz CT molecular complexity index is 395. The van der Waals surface area contributed by atoms with Crippen LogP contribution in [0.4, 0.5) is 4.79 Å². The predicted octanol–water partition coefficient (Wildman–Crippen LogP) is 2.92. The summed E-state index contributed by atoms with van der Waals surface area (Å²) < 4.78 is 5.50. The Kier molecular flexibility index (Phi) is 5.07. The summed E-state index contributed by atoms with van der Waals surface area (Å²) in [5.41, 5.74) is 1.20. The third-order valence-corrected chi connectivity index (χ3v) is 3.38. The van der Waals surface area contributed by atoms with E-state index in [2.05, 4.69) is 5.32 Å². The Morgan fingerprint density at radius 3 is 2.42 bits per heavy atom. The lowest BCUT2D eigenvalue weighted by molar-refractivity contribution is 0.186. The molecule has 0 unspecified atom stereocenters. The zero-order chi connectivity index (χ0) is 13.5. The topological polar surface area (TPSA) is 41.6 Å². The van der Waals surface area contributed by atoms with E-state index in [4.69, 9.17) is 4.74 Å². The molecule has 2 amide bonds. The van der Waals surface area contributed by atoms with Crippen molar-refractivity contribution in [3.63, 3.8) is 0 Å². The van der Waals surface area contributed by atoms with Crippen molar-refractivity contribution in [3.8, 4) is 5.75 Å². The quantitative estimate of drug-likeness (QED) is 0.851. The molecule has 1 aliphatic heterocycles. The number of nitrogens with one attached hydrogen (secondary N) is 1. The second kappa shape index (κ2) is 7.02. The minimum atomic E-state index is -0.0194. The molecule has 0 radical (unpaired) electrons. The lowest BCUT2D eigenvalue weighted by Crippen LogP contribution is -2.41. The van der Waals surface area contributed by atoms with E-state index >= 15 is 0 Å². The lowest BCUT2D eigenvalue weighted by Gasteiger charge is -2.20. The fraction of sp³-hybridized carbons (Fsp3) is 0.533. The van der Waals surface area contributed by atoms with Crippen LogP contribution in [0, 0.1) is 6.92 Å². The molecule has 4 heteroatoms. The Hall–Kier alpha value is -1.71. The maximum absolute atomic E-state index is 11.9. The SMILES string of the molecule is Cc1ccc(OCNC(=O)N2CCCCCC2)cc1. The van der Waals surface area contributed by atoms with Crippen LogP contribution in [0.2, 0.25) is 0 Å². The van der Waals surface area contributed by atoms with Crippen molar-refractivity contribution in [1.82, 2.24) is 10.2 Å². The molecule has 1 fully saturated rings. The molecule has 0 spiro atoms. The van der Waals surface area contributed by atoms with Gasteiger partial charge in [0.15, 0.2) is 6.73 Å². The minimum absolute atomic E-state index is 0.0194. The molecule has 2 rings (SSSR count). The average Bonchev–Trinajstić information content (AvgIpc) is 2.70. The summed E-state index contributed by atoms with van der Waals surface area (Å²) in [5, 5.41) is 2.81. The number of rotatable bonds is 3. The third-order valence-electron chi connectivity index (χ3n) is 3.38. The number of aryl methyl sites for hydroxylation is 1. The van der Waals surface area contributed by atoms with Crippen molar-refractivity contribution in [2.75, 3.05) is 19.8 Å². The highest BCUT2D eigenvalue weighted by molar-refractivity contribution is 5.74. The molecule has 0 bridgehead atoms. The zero-order valence-corrected chi connectivity index (χ0v) is 11.5. The smallest absolute Gasteiger partial charge is 0.320 e. The van der Waals surface area contributed by atoms with Gasteiger partial charge >= 0.3 is 6.03 Å². The molecule has 1 aromatic rings. The van der Waals surface area contributed by atoms with Crippen molar-refractivity contribution >= 4 is 6.03 Å². The van der Waals surface area contributed by atoms with E-state index in [1.54, 1.807) is 0 Å². The number of ether oxygens (including phenoxy) is 1. The lowest BCUT2D eigenvalue weighted by atomic mass is 10.2. The summed E-state index contributed by atoms with van der Waals surface area (Å²) in [6.45, 7) is 3.97. The van der Waals surface area contributed by atoms with Crippen molar-refractivity contribution in [2.24, 2.45) is 0 Å². The van der Waals surface area contributed by atoms with Gasteiger partial charge in [0.2, 0.25) is 0 Å². The first kappa shape index (κ1) is 13.7. The van der Waals surface area contributed by atoms with Crippen LogP contribution in [0.1, 0.15) is 31.2 Å². The van der Waals surface area contributed by atoms with Crippen LogP contribution in [0.15, 0.2) is 24.3 Å². The van der Waals surface area contributed by atoms with E-state index in [1.165, 1.54) is 18.4 Å². The second-order valence-electron chi connectivity index (χ2n) is 4.98. The van der Waals surface area contributed by atoms with Gasteiger partial charge in [0.25, 0.3) is 0 Å². The number of hydrogen-bond donors (Lipinski definition) is 1. The molecular weight excluding hydrogens is 240 g/mol. The molecule has 0 atom stereocenters. The zero-order valence-electron chi connectivity index (χ0n) is 11.5. The molecule has 0 aromatic heterocycles. The Balaban J connectivity index is 1.72. The molecule has 1 N–H and O–H groups in total. The van der Waals surface area contributed by atoms with Gasteiger partial charge in [-0.05, 0) is 31.9 Å². The van der Waals surface area contributed by atoms with Gasteiger partial charge in [0, 0.05) is 13.1 Å². The highest BCUT2D eigenvalue weighted by atomic mass is 16.5. The first-order chi connectivity index (χ1) is 9.25. The van der Waals surface area contributed by atoms with Gasteiger partial charge in [-0.2, -0.15) is 0 Å². The van der Waals surface area contributed by atoms with Crippen LogP contribution in [0.25, 0.3) is 0 Å². The number of carbonyl (C=O) groups excluding carboxylic acids is 1. The van der Waals surface area contributed by atoms with Crippen LogP contribution in [-0.2, 0) is 0 Å². The highest BCUT2D eigenvalue weighted by Crippen LogP contribution is 2.11. The van der Waals surface area contributed by atoms with Crippen LogP contribution in [0.5, 0.6) is 5.75 Å². The van der Waals surface area contributed by atoms with E-state index in [0.29, 0.717) is 0 Å². The molecule has 19 heavy (non-hydrogen) atoms. The van der Waals surface area contributed by atoms with Gasteiger partial charge in [-0.25, -0.2) is 4.79 Å². The van der Waals surface area contributed by atoms with Crippen LogP contribution in [-0.4, -0.2) is 30.8 Å². The third kappa shape index (κ3) is 4.47. The molecule has 104 valence electrons. The van der Waals surface area contributed by atoms with Gasteiger partial charge < -0.3 is 15.0 Å². The molecular formula is C15H22N2O2. The Morgan fingerprint density at radius 2 is 1.79 bits per heavy atom. The fourth-order valence-electron chi connectivity index (χ4n) is 2.20. The van der Waals surface area contributed by atoms with Gasteiger partial charge in [-0.3, -0.25) is 0 Å². The van der Waals surface area contributed by atoms with Crippen molar-refractivity contribution in [3.05, 3.63) is 29.8 Å². The van der Waals surface area contributed by atoms with Crippen LogP contribution < -0.4 is 10.1 Å². The average molecular weight is 262 g/mol. The fourth-order valence-corrected chi connectivity index (χ4v) is 2.20. The number of benzene rings is 1. The van der Waals surface area contributed by atoms with Gasteiger partial charge in [-0.1, -0.05) is 30.5 Å². The van der Waals surface area contributed by atoms with Crippen molar-refractivity contribution in [2.45, 2.75) is 32.6 Å². The molecule has 0 aliphatic carbocycles. The molecule has 0 saturated carbocycles. The summed E-state index contributed by atoms with van der Waals surface area (Å²) in [4.78, 5) is 13.8. The molecule has 1 aromatic carbocycles. The Morgan fingerprint density at radius 1 is 1.16 bits per heavy atom. The summed E-state index contributed by atoms with van der Waals surface area (Å²) in [5.74, 6) is 0.779. The minimum Gasteiger partial charge on any atom is -0.473 e. The van der Waals surface area contributed by atoms with Crippen molar-refractivity contribution < 1.29 is 9.53 Å². The number of carbonyl (C=O) groups is 1. The van der Waals surface area contributed by atoms with E-state index in [9.17, 15) is 4.79 Å². The second-order valence-corrected chi connectivity index (χ2v) is 4.98. The first-order valence-corrected chi connectivity index (χ1v) is 6.98. The van der Waals surface area contributed by atoms with E-state index in [1.807, 2.05) is 36.1 Å². The highest BCUT2D eigenvalue weighted by Gasteiger charge is 2.14. The maximum atomic E-state index is 11.9. The van der Waals surface area contributed by atoms with Gasteiger partial charge in [0.05, 0.1) is 0 Å². The molecule has 1 aliphatic rings. The first-order valence-electron chi connectivity index (χ1n) is 6.98. The van der Waals surface area contributed by atoms with Crippen molar-refractivity contribution in [1.29, 1.82) is 0 Å². The standard InChI is InChI=1S/C15H22N2O2/c1-13-6-8-14(9-7-13)19-12-16-15(18)17-10-4-2-3-5-11-17/h6-9H,2-5,10-12H2,1H3,(H,16,18). The molecule has 1 saturated heterocycles. The number of hydrogen-bond acceptors (Lipinski definition) is 2. The van der Waals surface area contributed by atoms with E-state index < -0.39 is 0 Å². The van der Waals surface area contributed by atoms with E-state index in [-0.39, 0.29) is 12.8 Å². The van der Waals surface area contributed by atoms with Gasteiger partial charge in [0.1, 0.15) is 5.75 Å². The predicted molar refractivity (Wildman–Crippen MR) is 75.2 cm³/mol. The summed E-state index contributed by atoms with van der Waals surface area (Å²) in [7, 11) is 0. The van der Waals surface area contributed by atoms with E-state index in [0.717, 1.165) is 31.7 Å². The van der Waals surface area contributed by atoms with Crippen LogP contribution >= 0.6 is 0 Å². The number of likely N-dealkylation sites (tertiary alicyclic amines) is 1. The van der Waals surface area contributed by atoms with Crippen LogP contribution in [0.3, 0.4) is 0 Å². The molecule has 4 nitrogen and oxygen atoms in total. The molecule has 1 heterocycles.